The van der Waals surface area contributed by atoms with Gasteiger partial charge >= 0.3 is 5.97 Å². The van der Waals surface area contributed by atoms with Crippen molar-refractivity contribution in [1.29, 1.82) is 0 Å². The first-order valence-corrected chi connectivity index (χ1v) is 7.20. The van der Waals surface area contributed by atoms with Crippen LogP contribution >= 0.6 is 0 Å². The van der Waals surface area contributed by atoms with Gasteiger partial charge in [0.15, 0.2) is 0 Å². The van der Waals surface area contributed by atoms with Gasteiger partial charge in [0, 0.05) is 5.69 Å². The summed E-state index contributed by atoms with van der Waals surface area (Å²) in [6, 6.07) is 5.93. The maximum Gasteiger partial charge on any atom is 0.319 e. The molecule has 20 heavy (non-hydrogen) atoms. The fourth-order valence-electron chi connectivity index (χ4n) is 2.70. The smallest absolute Gasteiger partial charge is 0.319 e. The van der Waals surface area contributed by atoms with Crippen molar-refractivity contribution >= 4 is 17.6 Å². The zero-order valence-electron chi connectivity index (χ0n) is 12.0. The maximum absolute atomic E-state index is 12.4. The second-order valence-corrected chi connectivity index (χ2v) is 5.35. The summed E-state index contributed by atoms with van der Waals surface area (Å²) < 4.78 is 0. The number of carboxylic acids is 1. The predicted octanol–water partition coefficient (Wildman–Crippen LogP) is 3.00. The van der Waals surface area contributed by atoms with E-state index in [-0.39, 0.29) is 5.91 Å². The Bertz CT molecular complexity index is 510. The van der Waals surface area contributed by atoms with Gasteiger partial charge in [0.05, 0.1) is 0 Å². The summed E-state index contributed by atoms with van der Waals surface area (Å²) in [5, 5.41) is 12.2. The lowest BCUT2D eigenvalue weighted by atomic mass is 9.68. The van der Waals surface area contributed by atoms with E-state index in [4.69, 9.17) is 0 Å². The standard InChI is InChI=1S/C16H21NO3/c1-3-11-7-5-8-12(4-2)13(11)17-14(18)16(15(19)20)9-6-10-16/h5,7-8H,3-4,6,9-10H2,1-2H3,(H,17,18)(H,19,20). The van der Waals surface area contributed by atoms with Gasteiger partial charge in [-0.15, -0.1) is 0 Å². The van der Waals surface area contributed by atoms with Gasteiger partial charge in [0.2, 0.25) is 5.91 Å². The van der Waals surface area contributed by atoms with Gasteiger partial charge in [-0.05, 0) is 36.8 Å². The van der Waals surface area contributed by atoms with Crippen molar-refractivity contribution < 1.29 is 14.7 Å². The molecule has 0 unspecified atom stereocenters. The van der Waals surface area contributed by atoms with Crippen LogP contribution in [0.15, 0.2) is 18.2 Å². The van der Waals surface area contributed by atoms with Gasteiger partial charge in [0.1, 0.15) is 5.41 Å². The Kier molecular flexibility index (Phi) is 4.12. The van der Waals surface area contributed by atoms with Gasteiger partial charge in [0.25, 0.3) is 0 Å². The van der Waals surface area contributed by atoms with Crippen molar-refractivity contribution in [2.24, 2.45) is 5.41 Å². The Morgan fingerprint density at radius 1 is 1.20 bits per heavy atom. The quantitative estimate of drug-likeness (QED) is 0.812. The van der Waals surface area contributed by atoms with Crippen LogP contribution < -0.4 is 5.32 Å². The molecule has 0 aliphatic heterocycles. The Morgan fingerprint density at radius 3 is 2.10 bits per heavy atom. The molecule has 1 amide bonds. The lowest BCUT2D eigenvalue weighted by Crippen LogP contribution is -2.48. The molecule has 0 spiro atoms. The van der Waals surface area contributed by atoms with Crippen LogP contribution in [0.1, 0.15) is 44.2 Å². The summed E-state index contributed by atoms with van der Waals surface area (Å²) in [6.07, 6.45) is 3.29. The van der Waals surface area contributed by atoms with Crippen LogP contribution in [0.5, 0.6) is 0 Å². The molecule has 0 heterocycles. The van der Waals surface area contributed by atoms with Crippen molar-refractivity contribution in [3.8, 4) is 0 Å². The Morgan fingerprint density at radius 2 is 1.75 bits per heavy atom. The van der Waals surface area contributed by atoms with Gasteiger partial charge in [-0.1, -0.05) is 38.5 Å². The summed E-state index contributed by atoms with van der Waals surface area (Å²) >= 11 is 0. The monoisotopic (exact) mass is 275 g/mol. The highest BCUT2D eigenvalue weighted by Crippen LogP contribution is 2.42. The molecular weight excluding hydrogens is 254 g/mol. The Hall–Kier alpha value is -1.84. The highest BCUT2D eigenvalue weighted by Gasteiger charge is 2.51. The molecule has 1 aromatic rings. The third-order valence-electron chi connectivity index (χ3n) is 4.29. The van der Waals surface area contributed by atoms with E-state index < -0.39 is 11.4 Å². The second-order valence-electron chi connectivity index (χ2n) is 5.35. The number of carbonyl (C=O) groups is 2. The first kappa shape index (κ1) is 14.6. The van der Waals surface area contributed by atoms with E-state index in [1.807, 2.05) is 32.0 Å². The fraction of sp³-hybridized carbons (Fsp3) is 0.500. The van der Waals surface area contributed by atoms with Crippen LogP contribution in [0.3, 0.4) is 0 Å². The number of carbonyl (C=O) groups excluding carboxylic acids is 1. The number of aliphatic carboxylic acids is 1. The first-order chi connectivity index (χ1) is 9.55. The molecule has 1 aliphatic carbocycles. The Balaban J connectivity index is 2.30. The average molecular weight is 275 g/mol. The lowest BCUT2D eigenvalue weighted by molar-refractivity contribution is -0.159. The zero-order chi connectivity index (χ0) is 14.8. The summed E-state index contributed by atoms with van der Waals surface area (Å²) in [5.41, 5.74) is 1.69. The molecule has 2 N–H and O–H groups in total. The van der Waals surface area contributed by atoms with E-state index in [0.717, 1.165) is 36.1 Å². The van der Waals surface area contributed by atoms with E-state index >= 15 is 0 Å². The number of hydrogen-bond acceptors (Lipinski definition) is 2. The molecule has 4 nitrogen and oxygen atoms in total. The molecule has 1 fully saturated rings. The summed E-state index contributed by atoms with van der Waals surface area (Å²) in [6.45, 7) is 4.06. The molecule has 108 valence electrons. The van der Waals surface area contributed by atoms with E-state index in [2.05, 4.69) is 5.32 Å². The summed E-state index contributed by atoms with van der Waals surface area (Å²) in [7, 11) is 0. The van der Waals surface area contributed by atoms with E-state index in [1.165, 1.54) is 0 Å². The van der Waals surface area contributed by atoms with Gasteiger partial charge < -0.3 is 10.4 Å². The normalized spacial score (nSPS) is 16.3. The number of hydrogen-bond donors (Lipinski definition) is 2. The van der Waals surface area contributed by atoms with Crippen molar-refractivity contribution in [2.75, 3.05) is 5.32 Å². The molecule has 4 heteroatoms. The number of rotatable bonds is 5. The highest BCUT2D eigenvalue weighted by atomic mass is 16.4. The van der Waals surface area contributed by atoms with Crippen LogP contribution in [0, 0.1) is 5.41 Å². The maximum atomic E-state index is 12.4. The number of carboxylic acid groups (broad SMARTS) is 1. The largest absolute Gasteiger partial charge is 0.480 e. The number of anilines is 1. The van der Waals surface area contributed by atoms with Crippen molar-refractivity contribution in [1.82, 2.24) is 0 Å². The van der Waals surface area contributed by atoms with E-state index in [1.54, 1.807) is 0 Å². The van der Waals surface area contributed by atoms with Crippen LogP contribution in [0.2, 0.25) is 0 Å². The molecule has 2 rings (SSSR count). The van der Waals surface area contributed by atoms with Crippen LogP contribution in [0.25, 0.3) is 0 Å². The van der Waals surface area contributed by atoms with Crippen LogP contribution in [-0.2, 0) is 22.4 Å². The third-order valence-corrected chi connectivity index (χ3v) is 4.29. The van der Waals surface area contributed by atoms with Crippen molar-refractivity contribution in [3.05, 3.63) is 29.3 Å². The zero-order valence-corrected chi connectivity index (χ0v) is 12.0. The third kappa shape index (κ3) is 2.30. The molecule has 0 aromatic heterocycles. The first-order valence-electron chi connectivity index (χ1n) is 7.20. The SMILES string of the molecule is CCc1cccc(CC)c1NC(=O)C1(C(=O)O)CCC1. The minimum atomic E-state index is -1.22. The molecule has 0 atom stereocenters. The van der Waals surface area contributed by atoms with E-state index in [9.17, 15) is 14.7 Å². The molecule has 0 saturated heterocycles. The number of nitrogens with one attached hydrogen (secondary N) is 1. The Labute approximate surface area is 119 Å². The predicted molar refractivity (Wildman–Crippen MR) is 77.7 cm³/mol. The van der Waals surface area contributed by atoms with Crippen LogP contribution in [0.4, 0.5) is 5.69 Å². The number of benzene rings is 1. The van der Waals surface area contributed by atoms with Crippen molar-refractivity contribution in [3.63, 3.8) is 0 Å². The van der Waals surface area contributed by atoms with Crippen molar-refractivity contribution in [2.45, 2.75) is 46.0 Å². The molecule has 1 aliphatic rings. The fourth-order valence-corrected chi connectivity index (χ4v) is 2.70. The number of amides is 1. The van der Waals surface area contributed by atoms with Crippen LogP contribution in [-0.4, -0.2) is 17.0 Å². The van der Waals surface area contributed by atoms with E-state index in [0.29, 0.717) is 12.8 Å². The van der Waals surface area contributed by atoms with Gasteiger partial charge in [-0.2, -0.15) is 0 Å². The minimum Gasteiger partial charge on any atom is -0.480 e. The molecular formula is C16H21NO3. The molecule has 1 aromatic carbocycles. The molecule has 1 saturated carbocycles. The lowest BCUT2D eigenvalue weighted by Gasteiger charge is -2.36. The highest BCUT2D eigenvalue weighted by molar-refractivity contribution is 6.09. The molecule has 0 bridgehead atoms. The average Bonchev–Trinajstić information content (AvgIpc) is 2.37. The van der Waals surface area contributed by atoms with Gasteiger partial charge in [-0.25, -0.2) is 0 Å². The number of aryl methyl sites for hydroxylation is 2. The summed E-state index contributed by atoms with van der Waals surface area (Å²) in [5.74, 6) is -1.37. The minimum absolute atomic E-state index is 0.369. The van der Waals surface area contributed by atoms with Gasteiger partial charge in [-0.3, -0.25) is 9.59 Å². The topological polar surface area (TPSA) is 66.4 Å². The number of para-hydroxylation sites is 1. The summed E-state index contributed by atoms with van der Waals surface area (Å²) in [4.78, 5) is 23.8. The molecule has 0 radical (unpaired) electrons. The second kappa shape index (κ2) is 5.65.